The van der Waals surface area contributed by atoms with Crippen LogP contribution in [0.15, 0.2) is 24.3 Å². The van der Waals surface area contributed by atoms with Crippen LogP contribution in [0.25, 0.3) is 0 Å². The van der Waals surface area contributed by atoms with Gasteiger partial charge in [0.2, 0.25) is 0 Å². The van der Waals surface area contributed by atoms with Gasteiger partial charge in [-0.1, -0.05) is 52.0 Å². The van der Waals surface area contributed by atoms with E-state index in [1.807, 2.05) is 0 Å². The lowest BCUT2D eigenvalue weighted by Crippen LogP contribution is -1.81. The average molecular weight is 180 g/mol. The predicted octanol–water partition coefficient (Wildman–Crippen LogP) is 4.58. The monoisotopic (exact) mass is 180 g/mol. The molecule has 0 radical (unpaired) electrons. The summed E-state index contributed by atoms with van der Waals surface area (Å²) in [4.78, 5) is 0. The maximum absolute atomic E-state index is 2.28. The van der Waals surface area contributed by atoms with E-state index < -0.39 is 0 Å². The molecule has 0 aromatic rings. The Bertz CT molecular complexity index is 131. The van der Waals surface area contributed by atoms with E-state index in [4.69, 9.17) is 0 Å². The van der Waals surface area contributed by atoms with E-state index in [0.29, 0.717) is 0 Å². The smallest absolute Gasteiger partial charge is 0.0169 e. The maximum atomic E-state index is 2.28. The van der Waals surface area contributed by atoms with Crippen molar-refractivity contribution >= 4 is 0 Å². The molecule has 0 rings (SSSR count). The summed E-state index contributed by atoms with van der Waals surface area (Å²) in [6, 6.07) is 0. The van der Waals surface area contributed by atoms with Crippen molar-refractivity contribution in [2.45, 2.75) is 47.0 Å². The molecule has 0 aromatic carbocycles. The molecule has 0 heterocycles. The summed E-state index contributed by atoms with van der Waals surface area (Å²) in [5.41, 5.74) is 0. The SMILES string of the molecule is CC(C)C/C=C/C/C=C/CC(C)C. The van der Waals surface area contributed by atoms with Gasteiger partial charge in [0.25, 0.3) is 0 Å². The number of rotatable bonds is 6. The molecule has 0 aliphatic heterocycles. The van der Waals surface area contributed by atoms with Crippen LogP contribution in [0.5, 0.6) is 0 Å². The average Bonchev–Trinajstić information content (AvgIpc) is 2.01. The van der Waals surface area contributed by atoms with Crippen molar-refractivity contribution in [3.05, 3.63) is 24.3 Å². The molecule has 0 atom stereocenters. The highest BCUT2D eigenvalue weighted by molar-refractivity contribution is 4.93. The van der Waals surface area contributed by atoms with Crippen LogP contribution in [0, 0.1) is 11.8 Å². The van der Waals surface area contributed by atoms with Crippen molar-refractivity contribution in [1.82, 2.24) is 0 Å². The lowest BCUT2D eigenvalue weighted by atomic mass is 10.1. The first-order chi connectivity index (χ1) is 6.13. The highest BCUT2D eigenvalue weighted by Crippen LogP contribution is 2.02. The Hall–Kier alpha value is -0.520. The molecular formula is C13H24. The minimum atomic E-state index is 0.788. The first-order valence-corrected chi connectivity index (χ1v) is 5.43. The molecule has 0 saturated carbocycles. The third-order valence-corrected chi connectivity index (χ3v) is 1.82. The molecule has 0 amide bonds. The van der Waals surface area contributed by atoms with Crippen LogP contribution in [-0.4, -0.2) is 0 Å². The fraction of sp³-hybridized carbons (Fsp3) is 0.692. The molecule has 0 aliphatic carbocycles. The molecule has 0 aromatic heterocycles. The molecule has 0 N–H and O–H groups in total. The molecule has 0 fully saturated rings. The largest absolute Gasteiger partial charge is 0.0880 e. The molecular weight excluding hydrogens is 156 g/mol. The van der Waals surface area contributed by atoms with Crippen LogP contribution < -0.4 is 0 Å². The summed E-state index contributed by atoms with van der Waals surface area (Å²) < 4.78 is 0. The summed E-state index contributed by atoms with van der Waals surface area (Å²) in [6.45, 7) is 9.00. The predicted molar refractivity (Wildman–Crippen MR) is 61.8 cm³/mol. The molecule has 0 spiro atoms. The van der Waals surface area contributed by atoms with Crippen molar-refractivity contribution in [2.75, 3.05) is 0 Å². The highest BCUT2D eigenvalue weighted by atomic mass is 13.9. The van der Waals surface area contributed by atoms with Gasteiger partial charge in [-0.3, -0.25) is 0 Å². The molecule has 13 heavy (non-hydrogen) atoms. The number of hydrogen-bond donors (Lipinski definition) is 0. The summed E-state index contributed by atoms with van der Waals surface area (Å²) in [7, 11) is 0. The Morgan fingerprint density at radius 2 is 1.08 bits per heavy atom. The van der Waals surface area contributed by atoms with Crippen LogP contribution in [0.2, 0.25) is 0 Å². The van der Waals surface area contributed by atoms with E-state index in [0.717, 1.165) is 18.3 Å². The van der Waals surface area contributed by atoms with Gasteiger partial charge >= 0.3 is 0 Å². The van der Waals surface area contributed by atoms with Gasteiger partial charge in [-0.05, 0) is 31.1 Å². The van der Waals surface area contributed by atoms with Gasteiger partial charge < -0.3 is 0 Å². The molecule has 76 valence electrons. The zero-order valence-corrected chi connectivity index (χ0v) is 9.59. The van der Waals surface area contributed by atoms with E-state index >= 15 is 0 Å². The zero-order valence-electron chi connectivity index (χ0n) is 9.59. The Labute approximate surface area is 83.7 Å². The molecule has 0 bridgehead atoms. The van der Waals surface area contributed by atoms with Gasteiger partial charge in [0, 0.05) is 0 Å². The van der Waals surface area contributed by atoms with Crippen LogP contribution in [0.4, 0.5) is 0 Å². The van der Waals surface area contributed by atoms with Gasteiger partial charge in [0.15, 0.2) is 0 Å². The number of hydrogen-bond acceptors (Lipinski definition) is 0. The van der Waals surface area contributed by atoms with E-state index in [1.54, 1.807) is 0 Å². The summed E-state index contributed by atoms with van der Waals surface area (Å²) in [6.07, 6.45) is 12.6. The van der Waals surface area contributed by atoms with Crippen molar-refractivity contribution in [1.29, 1.82) is 0 Å². The normalized spacial score (nSPS) is 12.8. The standard InChI is InChI=1S/C13H24/c1-12(2)10-8-6-5-7-9-11-13(3)4/h6-9,12-13H,5,10-11H2,1-4H3/b8-6+,9-7+. The van der Waals surface area contributed by atoms with Gasteiger partial charge in [0.1, 0.15) is 0 Å². The van der Waals surface area contributed by atoms with Gasteiger partial charge in [0.05, 0.1) is 0 Å². The Kier molecular flexibility index (Phi) is 7.77. The van der Waals surface area contributed by atoms with Gasteiger partial charge in [-0.15, -0.1) is 0 Å². The minimum absolute atomic E-state index is 0.788. The second-order valence-corrected chi connectivity index (χ2v) is 4.44. The van der Waals surface area contributed by atoms with E-state index in [9.17, 15) is 0 Å². The topological polar surface area (TPSA) is 0 Å². The Morgan fingerprint density at radius 1 is 0.692 bits per heavy atom. The fourth-order valence-corrected chi connectivity index (χ4v) is 1.01. The van der Waals surface area contributed by atoms with Gasteiger partial charge in [-0.25, -0.2) is 0 Å². The summed E-state index contributed by atoms with van der Waals surface area (Å²) in [5, 5.41) is 0. The molecule has 0 unspecified atom stereocenters. The molecule has 0 saturated heterocycles. The lowest BCUT2D eigenvalue weighted by Gasteiger charge is -1.96. The Morgan fingerprint density at radius 3 is 1.38 bits per heavy atom. The van der Waals surface area contributed by atoms with E-state index in [1.165, 1.54) is 12.8 Å². The molecule has 0 aliphatic rings. The molecule has 0 heteroatoms. The first kappa shape index (κ1) is 12.5. The minimum Gasteiger partial charge on any atom is -0.0880 e. The van der Waals surface area contributed by atoms with Crippen molar-refractivity contribution in [3.8, 4) is 0 Å². The fourth-order valence-electron chi connectivity index (χ4n) is 1.01. The molecule has 0 nitrogen and oxygen atoms in total. The highest BCUT2D eigenvalue weighted by Gasteiger charge is 1.87. The van der Waals surface area contributed by atoms with E-state index in [-0.39, 0.29) is 0 Å². The van der Waals surface area contributed by atoms with Crippen LogP contribution in [0.1, 0.15) is 47.0 Å². The second kappa shape index (κ2) is 8.10. The van der Waals surface area contributed by atoms with Crippen molar-refractivity contribution in [2.24, 2.45) is 11.8 Å². The quantitative estimate of drug-likeness (QED) is 0.525. The van der Waals surface area contributed by atoms with Crippen LogP contribution in [-0.2, 0) is 0 Å². The summed E-state index contributed by atoms with van der Waals surface area (Å²) in [5.74, 6) is 1.58. The number of allylic oxidation sites excluding steroid dienone is 4. The van der Waals surface area contributed by atoms with E-state index in [2.05, 4.69) is 52.0 Å². The first-order valence-electron chi connectivity index (χ1n) is 5.43. The third-order valence-electron chi connectivity index (χ3n) is 1.82. The Balaban J connectivity index is 3.33. The lowest BCUT2D eigenvalue weighted by molar-refractivity contribution is 0.661. The second-order valence-electron chi connectivity index (χ2n) is 4.44. The third kappa shape index (κ3) is 11.5. The van der Waals surface area contributed by atoms with Gasteiger partial charge in [-0.2, -0.15) is 0 Å². The maximum Gasteiger partial charge on any atom is -0.0169 e. The van der Waals surface area contributed by atoms with Crippen LogP contribution in [0.3, 0.4) is 0 Å². The van der Waals surface area contributed by atoms with Crippen molar-refractivity contribution < 1.29 is 0 Å². The van der Waals surface area contributed by atoms with Crippen molar-refractivity contribution in [3.63, 3.8) is 0 Å². The van der Waals surface area contributed by atoms with Crippen LogP contribution >= 0.6 is 0 Å². The zero-order chi connectivity index (χ0) is 10.1. The summed E-state index contributed by atoms with van der Waals surface area (Å²) >= 11 is 0.